The monoisotopic (exact) mass is 322 g/mol. The van der Waals surface area contributed by atoms with Gasteiger partial charge < -0.3 is 4.74 Å². The highest BCUT2D eigenvalue weighted by Gasteiger charge is 2.34. The van der Waals surface area contributed by atoms with Gasteiger partial charge in [0, 0.05) is 32.4 Å². The maximum absolute atomic E-state index is 12.2. The molecule has 0 spiro atoms. The van der Waals surface area contributed by atoms with E-state index in [0.29, 0.717) is 30.0 Å². The van der Waals surface area contributed by atoms with Crippen LogP contribution in [0, 0.1) is 10.1 Å². The number of carbonyl (C=O) groups is 2. The number of nitrogens with zero attached hydrogens (tertiary/aromatic N) is 2. The third-order valence-corrected chi connectivity index (χ3v) is 3.91. The standard InChI is InChI=1S/C14H14N2O5S/c1-21-8-2-7-15-13(17)12(22-14(15)18)9-10-3-5-11(6-4-10)16(19)20/h3-6,9H,2,7-8H2,1H3/b12-9+. The fourth-order valence-corrected chi connectivity index (χ4v) is 2.77. The Morgan fingerprint density at radius 2 is 2.00 bits per heavy atom. The number of thioether (sulfide) groups is 1. The summed E-state index contributed by atoms with van der Waals surface area (Å²) in [5.74, 6) is -0.343. The lowest BCUT2D eigenvalue weighted by Gasteiger charge is -2.11. The van der Waals surface area contributed by atoms with Crippen LogP contribution in [-0.4, -0.2) is 41.2 Å². The SMILES string of the molecule is COCCCN1C(=O)S/C(=C/c2ccc([N+](=O)[O-])cc2)C1=O. The summed E-state index contributed by atoms with van der Waals surface area (Å²) in [6.45, 7) is 0.791. The molecule has 7 nitrogen and oxygen atoms in total. The number of benzene rings is 1. The fourth-order valence-electron chi connectivity index (χ4n) is 1.90. The van der Waals surface area contributed by atoms with Crippen molar-refractivity contribution in [3.05, 3.63) is 44.8 Å². The third kappa shape index (κ3) is 3.71. The van der Waals surface area contributed by atoms with Crippen LogP contribution in [0.5, 0.6) is 0 Å². The molecule has 1 aliphatic heterocycles. The number of methoxy groups -OCH3 is 1. The van der Waals surface area contributed by atoms with Crippen molar-refractivity contribution in [2.24, 2.45) is 0 Å². The van der Waals surface area contributed by atoms with Crippen molar-refractivity contribution in [2.75, 3.05) is 20.3 Å². The number of hydrogen-bond acceptors (Lipinski definition) is 6. The highest BCUT2D eigenvalue weighted by atomic mass is 32.2. The number of amides is 2. The predicted molar refractivity (Wildman–Crippen MR) is 82.3 cm³/mol. The molecule has 0 aliphatic carbocycles. The van der Waals surface area contributed by atoms with Gasteiger partial charge in [0.15, 0.2) is 0 Å². The second-order valence-corrected chi connectivity index (χ2v) is 5.52. The number of ether oxygens (including phenoxy) is 1. The largest absolute Gasteiger partial charge is 0.385 e. The molecular weight excluding hydrogens is 308 g/mol. The molecule has 0 atom stereocenters. The van der Waals surface area contributed by atoms with Gasteiger partial charge in [-0.3, -0.25) is 24.6 Å². The first-order valence-electron chi connectivity index (χ1n) is 6.51. The van der Waals surface area contributed by atoms with Gasteiger partial charge in [0.05, 0.1) is 9.83 Å². The summed E-state index contributed by atoms with van der Waals surface area (Å²) in [5, 5.41) is 10.3. The molecule has 2 rings (SSSR count). The number of carbonyl (C=O) groups excluding carboxylic acids is 2. The summed E-state index contributed by atoms with van der Waals surface area (Å²) in [6.07, 6.45) is 2.14. The number of rotatable bonds is 6. The Hall–Kier alpha value is -2.19. The van der Waals surface area contributed by atoms with E-state index in [1.807, 2.05) is 0 Å². The molecule has 0 radical (unpaired) electrons. The van der Waals surface area contributed by atoms with Gasteiger partial charge in [-0.1, -0.05) is 0 Å². The van der Waals surface area contributed by atoms with E-state index in [2.05, 4.69) is 0 Å². The molecule has 1 saturated heterocycles. The maximum atomic E-state index is 12.2. The molecule has 0 saturated carbocycles. The van der Waals surface area contributed by atoms with E-state index in [4.69, 9.17) is 4.74 Å². The zero-order chi connectivity index (χ0) is 16.1. The summed E-state index contributed by atoms with van der Waals surface area (Å²) in [6, 6.07) is 5.79. The summed E-state index contributed by atoms with van der Waals surface area (Å²) in [4.78, 5) is 35.6. The smallest absolute Gasteiger partial charge is 0.293 e. The van der Waals surface area contributed by atoms with Crippen molar-refractivity contribution < 1.29 is 19.2 Å². The van der Waals surface area contributed by atoms with Crippen molar-refractivity contribution in [1.82, 2.24) is 4.90 Å². The molecule has 0 bridgehead atoms. The number of hydrogen-bond donors (Lipinski definition) is 0. The van der Waals surface area contributed by atoms with Gasteiger partial charge in [-0.25, -0.2) is 0 Å². The Morgan fingerprint density at radius 3 is 2.59 bits per heavy atom. The molecule has 22 heavy (non-hydrogen) atoms. The molecule has 1 heterocycles. The molecule has 8 heteroatoms. The van der Waals surface area contributed by atoms with Crippen LogP contribution in [0.3, 0.4) is 0 Å². The second kappa shape index (κ2) is 7.19. The zero-order valence-electron chi connectivity index (χ0n) is 11.9. The van der Waals surface area contributed by atoms with E-state index in [1.54, 1.807) is 13.2 Å². The van der Waals surface area contributed by atoms with Gasteiger partial charge in [0.2, 0.25) is 0 Å². The van der Waals surface area contributed by atoms with Crippen molar-refractivity contribution in [3.63, 3.8) is 0 Å². The highest BCUT2D eigenvalue weighted by Crippen LogP contribution is 2.32. The summed E-state index contributed by atoms with van der Waals surface area (Å²) in [7, 11) is 1.56. The van der Waals surface area contributed by atoms with Crippen LogP contribution in [0.4, 0.5) is 10.5 Å². The Labute approximate surface area is 131 Å². The molecule has 1 fully saturated rings. The first-order chi connectivity index (χ1) is 10.5. The molecule has 1 aliphatic rings. The predicted octanol–water partition coefficient (Wildman–Crippen LogP) is 2.67. The first-order valence-corrected chi connectivity index (χ1v) is 7.33. The maximum Gasteiger partial charge on any atom is 0.293 e. The first kappa shape index (κ1) is 16.2. The van der Waals surface area contributed by atoms with Gasteiger partial charge in [-0.2, -0.15) is 0 Å². The van der Waals surface area contributed by atoms with E-state index < -0.39 is 4.92 Å². The summed E-state index contributed by atoms with van der Waals surface area (Å²) in [5.41, 5.74) is 0.609. The zero-order valence-corrected chi connectivity index (χ0v) is 12.7. The van der Waals surface area contributed by atoms with Gasteiger partial charge in [0.25, 0.3) is 16.8 Å². The van der Waals surface area contributed by atoms with E-state index in [-0.39, 0.29) is 16.8 Å². The molecule has 0 N–H and O–H groups in total. The quantitative estimate of drug-likeness (QED) is 0.346. The van der Waals surface area contributed by atoms with Crippen LogP contribution in [0.2, 0.25) is 0 Å². The van der Waals surface area contributed by atoms with Crippen LogP contribution in [0.1, 0.15) is 12.0 Å². The fraction of sp³-hybridized carbons (Fsp3) is 0.286. The molecular formula is C14H14N2O5S. The van der Waals surface area contributed by atoms with Crippen molar-refractivity contribution in [1.29, 1.82) is 0 Å². The lowest BCUT2D eigenvalue weighted by atomic mass is 10.2. The minimum absolute atomic E-state index is 0.0233. The van der Waals surface area contributed by atoms with Crippen molar-refractivity contribution in [3.8, 4) is 0 Å². The highest BCUT2D eigenvalue weighted by molar-refractivity contribution is 8.18. The van der Waals surface area contributed by atoms with E-state index in [9.17, 15) is 19.7 Å². The number of nitro benzene ring substituents is 1. The van der Waals surface area contributed by atoms with Gasteiger partial charge in [-0.15, -0.1) is 0 Å². The Balaban J connectivity index is 2.10. The summed E-state index contributed by atoms with van der Waals surface area (Å²) < 4.78 is 4.90. The van der Waals surface area contributed by atoms with Gasteiger partial charge in [0.1, 0.15) is 0 Å². The van der Waals surface area contributed by atoms with E-state index >= 15 is 0 Å². The second-order valence-electron chi connectivity index (χ2n) is 4.53. The minimum atomic E-state index is -0.493. The van der Waals surface area contributed by atoms with Crippen molar-refractivity contribution >= 4 is 34.7 Å². The molecule has 2 amide bonds. The molecule has 0 unspecified atom stereocenters. The molecule has 1 aromatic carbocycles. The van der Waals surface area contributed by atoms with Crippen LogP contribution >= 0.6 is 11.8 Å². The normalized spacial score (nSPS) is 16.6. The topological polar surface area (TPSA) is 89.8 Å². The molecule has 0 aromatic heterocycles. The summed E-state index contributed by atoms with van der Waals surface area (Å²) >= 11 is 0.869. The lowest BCUT2D eigenvalue weighted by Crippen LogP contribution is -2.29. The van der Waals surface area contributed by atoms with E-state index in [0.717, 1.165) is 11.8 Å². The van der Waals surface area contributed by atoms with Gasteiger partial charge >= 0.3 is 0 Å². The van der Waals surface area contributed by atoms with Crippen LogP contribution < -0.4 is 0 Å². The van der Waals surface area contributed by atoms with Crippen LogP contribution in [0.15, 0.2) is 29.2 Å². The molecule has 116 valence electrons. The average molecular weight is 322 g/mol. The third-order valence-electron chi connectivity index (χ3n) is 3.01. The Bertz CT molecular complexity index is 627. The number of nitro groups is 1. The average Bonchev–Trinajstić information content (AvgIpc) is 2.75. The van der Waals surface area contributed by atoms with Crippen LogP contribution in [0.25, 0.3) is 6.08 Å². The Morgan fingerprint density at radius 1 is 1.32 bits per heavy atom. The molecule has 1 aromatic rings. The van der Waals surface area contributed by atoms with Crippen LogP contribution in [-0.2, 0) is 9.53 Å². The van der Waals surface area contributed by atoms with Crippen molar-refractivity contribution in [2.45, 2.75) is 6.42 Å². The number of non-ortho nitro benzene ring substituents is 1. The minimum Gasteiger partial charge on any atom is -0.385 e. The lowest BCUT2D eigenvalue weighted by molar-refractivity contribution is -0.384. The van der Waals surface area contributed by atoms with E-state index in [1.165, 1.54) is 29.2 Å². The van der Waals surface area contributed by atoms with Gasteiger partial charge in [-0.05, 0) is 42.0 Å². The Kier molecular flexibility index (Phi) is 5.29. The number of imide groups is 1.